The van der Waals surface area contributed by atoms with E-state index in [1.54, 1.807) is 87.0 Å². The first-order valence-electron chi connectivity index (χ1n) is 42.4. The molecule has 3 aliphatic heterocycles. The first kappa shape index (κ1) is 103. The van der Waals surface area contributed by atoms with Crippen LogP contribution in [0.2, 0.25) is 45.2 Å². The Labute approximate surface area is 830 Å². The minimum Gasteiger partial charge on any atom is -0.506 e. The standard InChI is InChI=1S/3C32H27Cl3F2N6O3/c1-6-20(44)42-10-9-41(13-16(42)5)29-17-11-19(33)27(21-22(34)24(36)25(37)23(35)30(21)45)40-31(17)43(32(46)18(29)12-38)28-15(4)7-8-39-26(28)14(2)3;2*1-6-20(44)42-10-9-41(13-16(42)5)29-17-11-19(33)27(21-22(34)23(35)24(36)25(37)30(21)45)40-31(17)43(32(46)18(29)12-38)28-15(4)7-8-39-26(28)14(2)3/h3*6-8,11,14,16,45H,1,9-10,13H2,2-5H3/t3*16-/m111/s1. The van der Waals surface area contributed by atoms with Crippen LogP contribution < -0.4 is 31.4 Å². The molecule has 3 amide bonds. The van der Waals surface area contributed by atoms with Crippen LogP contribution in [0.3, 0.4) is 0 Å². The predicted octanol–water partition coefficient (Wildman–Crippen LogP) is 20.8. The van der Waals surface area contributed by atoms with Gasteiger partial charge in [-0.2, -0.15) is 24.6 Å². The molecule has 0 spiro atoms. The molecule has 0 saturated carbocycles. The molecule has 3 aromatic carbocycles. The Morgan fingerprint density at radius 2 is 0.652 bits per heavy atom. The summed E-state index contributed by atoms with van der Waals surface area (Å²) in [6.07, 6.45) is 8.47. The largest absolute Gasteiger partial charge is 0.506 e. The van der Waals surface area contributed by atoms with Gasteiger partial charge in [-0.15, -0.1) is 0 Å². The number of carbonyl (C=O) groups excluding carboxylic acids is 3. The fourth-order valence-electron chi connectivity index (χ4n) is 17.4. The van der Waals surface area contributed by atoms with Gasteiger partial charge in [0, 0.05) is 112 Å². The molecule has 0 unspecified atom stereocenters. The Bertz CT molecular complexity index is 6790. The Hall–Kier alpha value is -12.7. The summed E-state index contributed by atoms with van der Waals surface area (Å²) in [5, 5.41) is 59.3. The summed E-state index contributed by atoms with van der Waals surface area (Å²) in [6.45, 7) is 35.2. The van der Waals surface area contributed by atoms with Crippen LogP contribution in [-0.2, 0) is 14.4 Å². The zero-order chi connectivity index (χ0) is 101. The molecule has 0 radical (unpaired) electrons. The number of amides is 3. The van der Waals surface area contributed by atoms with Crippen LogP contribution >= 0.6 is 104 Å². The number of nitriles is 3. The Morgan fingerprint density at radius 1 is 0.399 bits per heavy atom. The summed E-state index contributed by atoms with van der Waals surface area (Å²) in [6, 6.07) is 14.6. The van der Waals surface area contributed by atoms with E-state index in [4.69, 9.17) is 104 Å². The fourth-order valence-corrected chi connectivity index (χ4v) is 19.5. The second-order valence-corrected chi connectivity index (χ2v) is 37.1. The molecule has 12 aromatic rings. The molecule has 3 atom stereocenters. The molecule has 138 heavy (non-hydrogen) atoms. The van der Waals surface area contributed by atoms with Gasteiger partial charge in [0.25, 0.3) is 16.7 Å². The molecule has 42 heteroatoms. The van der Waals surface area contributed by atoms with E-state index < -0.39 is 116 Å². The molecule has 3 aliphatic rings. The maximum absolute atomic E-state index is 14.8. The monoisotopic (exact) mass is 2060 g/mol. The number of benzene rings is 3. The average molecular weight is 2060 g/mol. The van der Waals surface area contributed by atoms with Crippen LogP contribution in [0.15, 0.2) is 107 Å². The van der Waals surface area contributed by atoms with E-state index >= 15 is 0 Å². The predicted molar refractivity (Wildman–Crippen MR) is 523 cm³/mol. The van der Waals surface area contributed by atoms with E-state index in [9.17, 15) is 86.2 Å². The molecule has 12 heterocycles. The quantitative estimate of drug-likeness (QED) is 0.0371. The lowest BCUT2D eigenvalue weighted by molar-refractivity contribution is -0.129. The Morgan fingerprint density at radius 3 is 0.899 bits per heavy atom. The minimum absolute atomic E-state index is 0.0232. The van der Waals surface area contributed by atoms with Crippen molar-refractivity contribution in [1.82, 2.24) is 58.3 Å². The number of rotatable bonds is 15. The summed E-state index contributed by atoms with van der Waals surface area (Å²) in [7, 11) is 0. The second kappa shape index (κ2) is 40.8. The van der Waals surface area contributed by atoms with Gasteiger partial charge in [0.1, 0.15) is 62.6 Å². The number of fused-ring (bicyclic) bond motifs is 3. The zero-order valence-electron chi connectivity index (χ0n) is 75.4. The van der Waals surface area contributed by atoms with Crippen molar-refractivity contribution < 1.29 is 56.0 Å². The lowest BCUT2D eigenvalue weighted by Crippen LogP contribution is -2.54. The summed E-state index contributed by atoms with van der Waals surface area (Å²) >= 11 is 56.9. The number of aromatic nitrogens is 9. The lowest BCUT2D eigenvalue weighted by Gasteiger charge is -2.41. The van der Waals surface area contributed by atoms with E-state index in [-0.39, 0.29) is 212 Å². The number of hydrogen-bond acceptors (Lipinski definition) is 21. The zero-order valence-corrected chi connectivity index (χ0v) is 82.2. The van der Waals surface area contributed by atoms with Gasteiger partial charge in [-0.25, -0.2) is 32.5 Å². The minimum atomic E-state index is -1.66. The number of piperazine rings is 3. The third kappa shape index (κ3) is 18.0. The van der Waals surface area contributed by atoms with E-state index in [0.717, 1.165) is 0 Å². The van der Waals surface area contributed by atoms with Crippen LogP contribution in [0.5, 0.6) is 17.2 Å². The number of phenolic OH excluding ortho intramolecular Hbond substituents is 3. The summed E-state index contributed by atoms with van der Waals surface area (Å²) in [5.74, 6) is -14.1. The average Bonchev–Trinajstić information content (AvgIpc) is 0.726. The SMILES string of the molecule is C=CC(=O)N1CCN(c2c(C#N)c(=O)n(-c3c(C)ccnc3C(C)C)c3nc(-c4c(O)c(Cl)c(F)c(F)c4Cl)c(Cl)cc23)C[C@H]1C.C=CC(=O)N1CCN(c2c(C#N)c(=O)n(-c3c(C)ccnc3C(C)C)c3nc(-c4c(O)c(F)c(F)c(Cl)c4Cl)c(Cl)cc23)C[C@H]1C.C=CC(=O)N1CCN(c2c(C#N)c(=O)n(-c3c(C)ccnc3C(C)C)c3nc(-c4c(O)c(F)c(F)c(Cl)c4Cl)c(Cl)cc23)C[C@H]1C. The molecule has 3 fully saturated rings. The number of aromatic hydroxyl groups is 3. The van der Waals surface area contributed by atoms with E-state index in [0.29, 0.717) is 50.8 Å². The van der Waals surface area contributed by atoms with Gasteiger partial charge in [0.05, 0.1) is 125 Å². The molecule has 714 valence electrons. The number of carbonyl (C=O) groups is 3. The third-order valence-corrected chi connectivity index (χ3v) is 27.2. The van der Waals surface area contributed by atoms with Gasteiger partial charge in [0.15, 0.2) is 34.8 Å². The smallest absolute Gasteiger partial charge is 0.276 e. The number of phenols is 3. The van der Waals surface area contributed by atoms with Gasteiger partial charge in [-0.3, -0.25) is 57.4 Å². The number of nitrogens with zero attached hydrogens (tertiary/aromatic N) is 18. The van der Waals surface area contributed by atoms with Gasteiger partial charge in [-0.1, -0.05) is 166 Å². The van der Waals surface area contributed by atoms with Crippen LogP contribution in [0.4, 0.5) is 43.4 Å². The van der Waals surface area contributed by atoms with Gasteiger partial charge in [-0.05, 0) is 131 Å². The Kier molecular flexibility index (Phi) is 30.3. The molecule has 3 saturated heterocycles. The normalized spacial score (nSPS) is 15.0. The Balaban J connectivity index is 0.000000175. The van der Waals surface area contributed by atoms with Crippen LogP contribution in [0.1, 0.15) is 131 Å². The van der Waals surface area contributed by atoms with Crippen molar-refractivity contribution in [2.24, 2.45) is 0 Å². The van der Waals surface area contributed by atoms with Crippen molar-refractivity contribution in [2.45, 2.75) is 119 Å². The topological polar surface area (TPSA) is 346 Å². The molecule has 15 rings (SSSR count). The molecule has 0 bridgehead atoms. The van der Waals surface area contributed by atoms with Gasteiger partial charge in [0.2, 0.25) is 29.4 Å². The van der Waals surface area contributed by atoms with Crippen molar-refractivity contribution in [3.05, 3.63) is 255 Å². The maximum atomic E-state index is 14.8. The second-order valence-electron chi connectivity index (χ2n) is 33.6. The number of hydrogen-bond donors (Lipinski definition) is 3. The highest BCUT2D eigenvalue weighted by Crippen LogP contribution is 2.52. The highest BCUT2D eigenvalue weighted by atomic mass is 35.5. The summed E-state index contributed by atoms with van der Waals surface area (Å²) in [4.78, 5) is 118. The molecule has 0 aliphatic carbocycles. The maximum Gasteiger partial charge on any atom is 0.276 e. The lowest BCUT2D eigenvalue weighted by atomic mass is 10.0. The first-order chi connectivity index (χ1) is 65.2. The highest BCUT2D eigenvalue weighted by Gasteiger charge is 2.40. The van der Waals surface area contributed by atoms with Crippen molar-refractivity contribution in [1.29, 1.82) is 15.8 Å². The number of aryl methyl sites for hydroxylation is 3. The number of pyridine rings is 9. The molecule has 3 N–H and O–H groups in total. The molecule has 9 aromatic heterocycles. The fraction of sp³-hybridized carbons (Fsp3) is 0.281. The summed E-state index contributed by atoms with van der Waals surface area (Å²) in [5.41, 5.74) is 0.0941. The van der Waals surface area contributed by atoms with Crippen LogP contribution in [0.25, 0.3) is 83.9 Å². The van der Waals surface area contributed by atoms with Crippen LogP contribution in [-0.4, -0.2) is 168 Å². The number of anilines is 3. The molecule has 27 nitrogen and oxygen atoms in total. The molecular formula is C96H81Cl9F6N18O9. The van der Waals surface area contributed by atoms with Crippen molar-refractivity contribution >= 4 is 172 Å². The summed E-state index contributed by atoms with van der Waals surface area (Å²) < 4.78 is 91.1. The van der Waals surface area contributed by atoms with E-state index in [2.05, 4.69) is 67.8 Å². The third-order valence-electron chi connectivity index (χ3n) is 24.0. The van der Waals surface area contributed by atoms with Gasteiger partial charge < -0.3 is 44.7 Å². The van der Waals surface area contributed by atoms with Gasteiger partial charge >= 0.3 is 0 Å². The molecular weight excluding hydrogens is 1980 g/mol. The first-order valence-corrected chi connectivity index (χ1v) is 45.8. The number of halogens is 15. The highest BCUT2D eigenvalue weighted by molar-refractivity contribution is 6.46. The van der Waals surface area contributed by atoms with E-state index in [1.807, 2.05) is 62.3 Å². The van der Waals surface area contributed by atoms with Crippen molar-refractivity contribution in [3.63, 3.8) is 0 Å². The van der Waals surface area contributed by atoms with Crippen molar-refractivity contribution in [2.75, 3.05) is 73.6 Å². The van der Waals surface area contributed by atoms with E-state index in [1.165, 1.54) is 50.1 Å². The van der Waals surface area contributed by atoms with Crippen molar-refractivity contribution in [3.8, 4) is 86.3 Å². The van der Waals surface area contributed by atoms with Crippen LogP contribution in [0, 0.1) is 89.7 Å².